The Morgan fingerprint density at radius 3 is 3.05 bits per heavy atom. The summed E-state index contributed by atoms with van der Waals surface area (Å²) in [7, 11) is 0. The lowest BCUT2D eigenvalue weighted by Crippen LogP contribution is -2.29. The summed E-state index contributed by atoms with van der Waals surface area (Å²) >= 11 is 0. The van der Waals surface area contributed by atoms with E-state index in [0.717, 1.165) is 18.7 Å². The number of nitrogens with one attached hydrogen (secondary N) is 3. The number of halogens is 1. The second-order valence-corrected chi connectivity index (χ2v) is 4.03. The fraction of sp³-hybridized carbons (Fsp3) is 0.231. The molecule has 0 saturated carbocycles. The van der Waals surface area contributed by atoms with Gasteiger partial charge in [-0.3, -0.25) is 0 Å². The van der Waals surface area contributed by atoms with Gasteiger partial charge in [-0.15, -0.1) is 0 Å². The largest absolute Gasteiger partial charge is 0.349 e. The van der Waals surface area contributed by atoms with Crippen LogP contribution in [0.2, 0.25) is 0 Å². The van der Waals surface area contributed by atoms with Gasteiger partial charge in [-0.05, 0) is 24.6 Å². The molecule has 5 nitrogen and oxygen atoms in total. The molecular weight excluding hydrogens is 247 g/mol. The van der Waals surface area contributed by atoms with Gasteiger partial charge in [-0.2, -0.15) is 0 Å². The lowest BCUT2D eigenvalue weighted by molar-refractivity contribution is 0.252. The molecule has 0 bridgehead atoms. The SMILES string of the molecule is O=C(NCCCc1ncc[nH]1)Nc1cccc(F)c1. The van der Waals surface area contributed by atoms with E-state index >= 15 is 0 Å². The van der Waals surface area contributed by atoms with E-state index in [9.17, 15) is 9.18 Å². The second kappa shape index (κ2) is 6.53. The van der Waals surface area contributed by atoms with E-state index in [1.807, 2.05) is 0 Å². The van der Waals surface area contributed by atoms with Crippen molar-refractivity contribution in [2.45, 2.75) is 12.8 Å². The van der Waals surface area contributed by atoms with Crippen LogP contribution in [0.5, 0.6) is 0 Å². The molecule has 2 aromatic rings. The van der Waals surface area contributed by atoms with Crippen LogP contribution in [0.15, 0.2) is 36.7 Å². The quantitative estimate of drug-likeness (QED) is 0.724. The van der Waals surface area contributed by atoms with E-state index < -0.39 is 0 Å². The van der Waals surface area contributed by atoms with E-state index in [2.05, 4.69) is 20.6 Å². The molecule has 0 spiro atoms. The van der Waals surface area contributed by atoms with Crippen LogP contribution in [-0.2, 0) is 6.42 Å². The van der Waals surface area contributed by atoms with E-state index in [1.54, 1.807) is 24.5 Å². The van der Waals surface area contributed by atoms with Crippen LogP contribution in [-0.4, -0.2) is 22.5 Å². The number of hydrogen-bond acceptors (Lipinski definition) is 2. The molecule has 2 rings (SSSR count). The van der Waals surface area contributed by atoms with Gasteiger partial charge in [0.15, 0.2) is 0 Å². The Labute approximate surface area is 110 Å². The number of amides is 2. The summed E-state index contributed by atoms with van der Waals surface area (Å²) in [6.07, 6.45) is 5.01. The highest BCUT2D eigenvalue weighted by Crippen LogP contribution is 2.08. The summed E-state index contributed by atoms with van der Waals surface area (Å²) in [6.45, 7) is 0.530. The van der Waals surface area contributed by atoms with Gasteiger partial charge < -0.3 is 15.6 Å². The molecule has 0 aliphatic rings. The second-order valence-electron chi connectivity index (χ2n) is 4.03. The number of aromatic amines is 1. The highest BCUT2D eigenvalue weighted by Gasteiger charge is 2.02. The number of aromatic nitrogens is 2. The Kier molecular flexibility index (Phi) is 4.49. The summed E-state index contributed by atoms with van der Waals surface area (Å²) < 4.78 is 12.9. The van der Waals surface area contributed by atoms with Crippen LogP contribution < -0.4 is 10.6 Å². The van der Waals surface area contributed by atoms with Crippen molar-refractivity contribution in [3.8, 4) is 0 Å². The molecule has 0 unspecified atom stereocenters. The third-order valence-corrected chi connectivity index (χ3v) is 2.51. The Balaban J connectivity index is 1.67. The van der Waals surface area contributed by atoms with Gasteiger partial charge in [0.05, 0.1) is 0 Å². The average molecular weight is 262 g/mol. The predicted octanol–water partition coefficient (Wildman–Crippen LogP) is 2.30. The number of hydrogen-bond donors (Lipinski definition) is 3. The third-order valence-electron chi connectivity index (χ3n) is 2.51. The zero-order valence-corrected chi connectivity index (χ0v) is 10.3. The van der Waals surface area contributed by atoms with Crippen molar-refractivity contribution >= 4 is 11.7 Å². The standard InChI is InChI=1S/C13H15FN4O/c14-10-3-1-4-11(9-10)18-13(19)17-6-2-5-12-15-7-8-16-12/h1,3-4,7-9H,2,5-6H2,(H,15,16)(H2,17,18,19). The summed E-state index contributed by atoms with van der Waals surface area (Å²) in [5.41, 5.74) is 0.434. The van der Waals surface area contributed by atoms with Crippen LogP contribution in [0.3, 0.4) is 0 Å². The molecular formula is C13H15FN4O. The van der Waals surface area contributed by atoms with Crippen LogP contribution in [0.25, 0.3) is 0 Å². The van der Waals surface area contributed by atoms with Crippen molar-refractivity contribution in [3.63, 3.8) is 0 Å². The van der Waals surface area contributed by atoms with Gasteiger partial charge in [0.2, 0.25) is 0 Å². The monoisotopic (exact) mass is 262 g/mol. The minimum atomic E-state index is -0.379. The predicted molar refractivity (Wildman–Crippen MR) is 70.3 cm³/mol. The molecule has 1 aromatic heterocycles. The number of carbonyl (C=O) groups is 1. The van der Waals surface area contributed by atoms with Crippen LogP contribution in [0, 0.1) is 5.82 Å². The molecule has 1 heterocycles. The number of imidazole rings is 1. The Hall–Kier alpha value is -2.37. The Morgan fingerprint density at radius 1 is 1.42 bits per heavy atom. The molecule has 0 fully saturated rings. The molecule has 6 heteroatoms. The number of anilines is 1. The first-order valence-corrected chi connectivity index (χ1v) is 6.03. The zero-order valence-electron chi connectivity index (χ0n) is 10.3. The van der Waals surface area contributed by atoms with Crippen molar-refractivity contribution in [1.82, 2.24) is 15.3 Å². The average Bonchev–Trinajstić information content (AvgIpc) is 2.88. The topological polar surface area (TPSA) is 69.8 Å². The normalized spacial score (nSPS) is 10.2. The van der Waals surface area contributed by atoms with Gasteiger partial charge in [-0.1, -0.05) is 6.07 Å². The summed E-state index contributed by atoms with van der Waals surface area (Å²) in [4.78, 5) is 18.6. The van der Waals surface area contributed by atoms with E-state index in [4.69, 9.17) is 0 Å². The smallest absolute Gasteiger partial charge is 0.319 e. The molecule has 0 aliphatic carbocycles. The zero-order chi connectivity index (χ0) is 13.5. The summed E-state index contributed by atoms with van der Waals surface area (Å²) in [5, 5.41) is 5.26. The van der Waals surface area contributed by atoms with E-state index in [1.165, 1.54) is 12.1 Å². The number of benzene rings is 1. The van der Waals surface area contributed by atoms with Crippen molar-refractivity contribution in [2.24, 2.45) is 0 Å². The molecule has 1 aromatic carbocycles. The summed E-state index contributed by atoms with van der Waals surface area (Å²) in [5.74, 6) is 0.517. The van der Waals surface area contributed by atoms with Gasteiger partial charge in [-0.25, -0.2) is 14.2 Å². The first-order valence-electron chi connectivity index (χ1n) is 6.03. The van der Waals surface area contributed by atoms with Crippen molar-refractivity contribution in [2.75, 3.05) is 11.9 Å². The van der Waals surface area contributed by atoms with Crippen LogP contribution in [0.4, 0.5) is 14.9 Å². The van der Waals surface area contributed by atoms with Gasteiger partial charge in [0, 0.05) is 31.0 Å². The number of H-pyrrole nitrogens is 1. The molecule has 3 N–H and O–H groups in total. The molecule has 0 atom stereocenters. The minimum absolute atomic E-state index is 0.343. The lowest BCUT2D eigenvalue weighted by atomic mass is 10.3. The third kappa shape index (κ3) is 4.42. The maximum Gasteiger partial charge on any atom is 0.319 e. The van der Waals surface area contributed by atoms with Crippen molar-refractivity contribution < 1.29 is 9.18 Å². The lowest BCUT2D eigenvalue weighted by Gasteiger charge is -2.07. The maximum absolute atomic E-state index is 12.9. The van der Waals surface area contributed by atoms with Crippen LogP contribution in [0.1, 0.15) is 12.2 Å². The molecule has 100 valence electrons. The van der Waals surface area contributed by atoms with Crippen LogP contribution >= 0.6 is 0 Å². The van der Waals surface area contributed by atoms with E-state index in [0.29, 0.717) is 12.2 Å². The highest BCUT2D eigenvalue weighted by atomic mass is 19.1. The number of carbonyl (C=O) groups excluding carboxylic acids is 1. The van der Waals surface area contributed by atoms with Gasteiger partial charge in [0.1, 0.15) is 11.6 Å². The Morgan fingerprint density at radius 2 is 2.32 bits per heavy atom. The number of rotatable bonds is 5. The number of urea groups is 1. The molecule has 19 heavy (non-hydrogen) atoms. The Bertz CT molecular complexity index is 527. The highest BCUT2D eigenvalue weighted by molar-refractivity contribution is 5.89. The maximum atomic E-state index is 12.9. The van der Waals surface area contributed by atoms with Crippen molar-refractivity contribution in [3.05, 3.63) is 48.3 Å². The minimum Gasteiger partial charge on any atom is -0.349 e. The summed E-state index contributed by atoms with van der Waals surface area (Å²) in [6, 6.07) is 5.42. The fourth-order valence-electron chi connectivity index (χ4n) is 1.63. The van der Waals surface area contributed by atoms with Gasteiger partial charge in [0.25, 0.3) is 0 Å². The molecule has 2 amide bonds. The number of nitrogens with zero attached hydrogens (tertiary/aromatic N) is 1. The fourth-order valence-corrected chi connectivity index (χ4v) is 1.63. The number of aryl methyl sites for hydroxylation is 1. The molecule has 0 radical (unpaired) electrons. The van der Waals surface area contributed by atoms with E-state index in [-0.39, 0.29) is 11.8 Å². The van der Waals surface area contributed by atoms with Crippen molar-refractivity contribution in [1.29, 1.82) is 0 Å². The molecule has 0 aliphatic heterocycles. The molecule has 0 saturated heterocycles. The first-order chi connectivity index (χ1) is 9.24. The van der Waals surface area contributed by atoms with Gasteiger partial charge >= 0.3 is 6.03 Å². The first kappa shape index (κ1) is 13.1.